The highest BCUT2D eigenvalue weighted by atomic mass is 32.2. The van der Waals surface area contributed by atoms with Gasteiger partial charge < -0.3 is 0 Å². The zero-order valence-corrected chi connectivity index (χ0v) is 11.6. The van der Waals surface area contributed by atoms with E-state index >= 15 is 0 Å². The zero-order valence-electron chi connectivity index (χ0n) is 10.8. The molecule has 0 atom stereocenters. The van der Waals surface area contributed by atoms with Gasteiger partial charge in [0.05, 0.1) is 6.61 Å². The van der Waals surface area contributed by atoms with Crippen molar-refractivity contribution in [2.45, 2.75) is 39.2 Å². The van der Waals surface area contributed by atoms with Crippen LogP contribution in [-0.2, 0) is 21.0 Å². The summed E-state index contributed by atoms with van der Waals surface area (Å²) >= 11 is 0. The number of benzene rings is 1. The zero-order chi connectivity index (χ0) is 13.3. The predicted octanol–water partition coefficient (Wildman–Crippen LogP) is 2.62. The van der Waals surface area contributed by atoms with Crippen LogP contribution in [0.1, 0.15) is 38.2 Å². The molecule has 102 valence electrons. The van der Waals surface area contributed by atoms with Gasteiger partial charge in [-0.2, -0.15) is 13.1 Å². The van der Waals surface area contributed by atoms with Crippen molar-refractivity contribution in [2.75, 3.05) is 6.61 Å². The average molecular weight is 271 g/mol. The maximum absolute atomic E-state index is 11.5. The van der Waals surface area contributed by atoms with Crippen molar-refractivity contribution in [3.8, 4) is 0 Å². The van der Waals surface area contributed by atoms with E-state index < -0.39 is 10.3 Å². The molecule has 1 aromatic rings. The van der Waals surface area contributed by atoms with Crippen LogP contribution >= 0.6 is 0 Å². The van der Waals surface area contributed by atoms with Crippen molar-refractivity contribution in [3.63, 3.8) is 0 Å². The molecule has 4 nitrogen and oxygen atoms in total. The van der Waals surface area contributed by atoms with Crippen LogP contribution in [0.3, 0.4) is 0 Å². The van der Waals surface area contributed by atoms with Gasteiger partial charge in [0.25, 0.3) is 0 Å². The van der Waals surface area contributed by atoms with Crippen molar-refractivity contribution in [2.24, 2.45) is 0 Å². The smallest absolute Gasteiger partial charge is 0.258 e. The van der Waals surface area contributed by atoms with Crippen LogP contribution in [-0.4, -0.2) is 15.0 Å². The summed E-state index contributed by atoms with van der Waals surface area (Å²) < 4.78 is 30.3. The molecule has 0 saturated heterocycles. The average Bonchev–Trinajstić information content (AvgIpc) is 2.38. The van der Waals surface area contributed by atoms with E-state index in [2.05, 4.69) is 11.6 Å². The van der Waals surface area contributed by atoms with E-state index in [1.165, 1.54) is 0 Å². The number of unbranched alkanes of at least 4 members (excludes halogenated alkanes) is 3. The van der Waals surface area contributed by atoms with Crippen LogP contribution in [0.15, 0.2) is 30.3 Å². The Labute approximate surface area is 110 Å². The summed E-state index contributed by atoms with van der Waals surface area (Å²) in [5, 5.41) is 0. The molecule has 0 unspecified atom stereocenters. The summed E-state index contributed by atoms with van der Waals surface area (Å²) in [5.74, 6) is 0. The third-order valence-corrected chi connectivity index (χ3v) is 3.51. The van der Waals surface area contributed by atoms with Gasteiger partial charge in [-0.25, -0.2) is 0 Å². The molecule has 1 rings (SSSR count). The Kier molecular flexibility index (Phi) is 6.93. The molecule has 0 aromatic heterocycles. The third-order valence-electron chi connectivity index (χ3n) is 2.53. The van der Waals surface area contributed by atoms with Crippen LogP contribution in [0, 0.1) is 0 Å². The Balaban J connectivity index is 2.23. The first kappa shape index (κ1) is 15.1. The Morgan fingerprint density at radius 1 is 1.11 bits per heavy atom. The first-order chi connectivity index (χ1) is 8.64. The second-order valence-electron chi connectivity index (χ2n) is 4.14. The summed E-state index contributed by atoms with van der Waals surface area (Å²) in [6.45, 7) is 2.63. The molecule has 0 radical (unpaired) electrons. The number of rotatable bonds is 9. The maximum Gasteiger partial charge on any atom is 0.336 e. The lowest BCUT2D eigenvalue weighted by molar-refractivity contribution is 0.300. The monoisotopic (exact) mass is 271 g/mol. The molecule has 0 amide bonds. The number of hydrogen-bond acceptors (Lipinski definition) is 3. The molecule has 0 aliphatic heterocycles. The SMILES string of the molecule is CCCCCCOS(=O)(=O)NCc1ccccc1. The second-order valence-corrected chi connectivity index (χ2v) is 5.58. The van der Waals surface area contributed by atoms with Gasteiger partial charge in [-0.3, -0.25) is 4.18 Å². The normalized spacial score (nSPS) is 11.6. The van der Waals surface area contributed by atoms with Crippen molar-refractivity contribution < 1.29 is 12.6 Å². The van der Waals surface area contributed by atoms with Gasteiger partial charge in [-0.15, -0.1) is 0 Å². The van der Waals surface area contributed by atoms with E-state index in [4.69, 9.17) is 4.18 Å². The third kappa shape index (κ3) is 6.74. The van der Waals surface area contributed by atoms with E-state index in [0.29, 0.717) is 0 Å². The molecule has 0 fully saturated rings. The van der Waals surface area contributed by atoms with E-state index in [1.54, 1.807) is 0 Å². The van der Waals surface area contributed by atoms with Crippen LogP contribution in [0.2, 0.25) is 0 Å². The molecule has 18 heavy (non-hydrogen) atoms. The number of nitrogens with one attached hydrogen (secondary N) is 1. The van der Waals surface area contributed by atoms with Gasteiger partial charge in [-0.05, 0) is 12.0 Å². The first-order valence-electron chi connectivity index (χ1n) is 6.32. The van der Waals surface area contributed by atoms with E-state index in [1.807, 2.05) is 30.3 Å². The van der Waals surface area contributed by atoms with Gasteiger partial charge in [0.1, 0.15) is 0 Å². The molecule has 0 aliphatic carbocycles. The summed E-state index contributed by atoms with van der Waals surface area (Å²) in [5.41, 5.74) is 0.913. The maximum atomic E-state index is 11.5. The Morgan fingerprint density at radius 2 is 1.83 bits per heavy atom. The highest BCUT2D eigenvalue weighted by Gasteiger charge is 2.09. The lowest BCUT2D eigenvalue weighted by Gasteiger charge is -2.07. The standard InChI is InChI=1S/C13H21NO3S/c1-2-3-4-8-11-17-18(15,16)14-12-13-9-6-5-7-10-13/h5-7,9-10,14H,2-4,8,11-12H2,1H3. The fourth-order valence-corrected chi connectivity index (χ4v) is 2.27. The van der Waals surface area contributed by atoms with Crippen LogP contribution < -0.4 is 4.72 Å². The van der Waals surface area contributed by atoms with Gasteiger partial charge in [0.2, 0.25) is 0 Å². The fraction of sp³-hybridized carbons (Fsp3) is 0.538. The van der Waals surface area contributed by atoms with Crippen molar-refractivity contribution >= 4 is 10.3 Å². The summed E-state index contributed by atoms with van der Waals surface area (Å²) in [6.07, 6.45) is 4.02. The highest BCUT2D eigenvalue weighted by Crippen LogP contribution is 2.02. The van der Waals surface area contributed by atoms with Crippen LogP contribution in [0.4, 0.5) is 0 Å². The molecular formula is C13H21NO3S. The molecule has 0 bridgehead atoms. The fourth-order valence-electron chi connectivity index (χ4n) is 1.51. The van der Waals surface area contributed by atoms with Crippen LogP contribution in [0.25, 0.3) is 0 Å². The minimum atomic E-state index is -3.62. The van der Waals surface area contributed by atoms with Gasteiger partial charge in [-0.1, -0.05) is 56.5 Å². The molecular weight excluding hydrogens is 250 g/mol. The van der Waals surface area contributed by atoms with Crippen molar-refractivity contribution in [1.29, 1.82) is 0 Å². The van der Waals surface area contributed by atoms with Gasteiger partial charge in [0, 0.05) is 6.54 Å². The summed E-state index contributed by atoms with van der Waals surface area (Å²) in [6, 6.07) is 9.36. The Morgan fingerprint density at radius 3 is 2.50 bits per heavy atom. The van der Waals surface area contributed by atoms with E-state index in [-0.39, 0.29) is 13.2 Å². The molecule has 0 saturated carbocycles. The summed E-state index contributed by atoms with van der Waals surface area (Å²) in [4.78, 5) is 0. The molecule has 1 N–H and O–H groups in total. The van der Waals surface area contributed by atoms with Gasteiger partial charge >= 0.3 is 10.3 Å². The quantitative estimate of drug-likeness (QED) is 0.702. The molecule has 0 aliphatic rings. The van der Waals surface area contributed by atoms with Crippen molar-refractivity contribution in [3.05, 3.63) is 35.9 Å². The Bertz CT molecular complexity index is 417. The van der Waals surface area contributed by atoms with Crippen molar-refractivity contribution in [1.82, 2.24) is 4.72 Å². The minimum Gasteiger partial charge on any atom is -0.258 e. The molecule has 0 heterocycles. The minimum absolute atomic E-state index is 0.254. The lowest BCUT2D eigenvalue weighted by atomic mass is 10.2. The van der Waals surface area contributed by atoms with Gasteiger partial charge in [0.15, 0.2) is 0 Å². The molecule has 0 spiro atoms. The lowest BCUT2D eigenvalue weighted by Crippen LogP contribution is -2.25. The Hall–Kier alpha value is -0.910. The highest BCUT2D eigenvalue weighted by molar-refractivity contribution is 7.84. The van der Waals surface area contributed by atoms with Crippen LogP contribution in [0.5, 0.6) is 0 Å². The predicted molar refractivity (Wildman–Crippen MR) is 72.3 cm³/mol. The number of hydrogen-bond donors (Lipinski definition) is 1. The van der Waals surface area contributed by atoms with E-state index in [0.717, 1.165) is 31.2 Å². The molecule has 1 aromatic carbocycles. The topological polar surface area (TPSA) is 55.4 Å². The first-order valence-corrected chi connectivity index (χ1v) is 7.73. The molecule has 5 heteroatoms. The van der Waals surface area contributed by atoms with E-state index in [9.17, 15) is 8.42 Å². The summed E-state index contributed by atoms with van der Waals surface area (Å²) in [7, 11) is -3.62. The second kappa shape index (κ2) is 8.24. The largest absolute Gasteiger partial charge is 0.336 e.